The van der Waals surface area contributed by atoms with Gasteiger partial charge in [-0.25, -0.2) is 0 Å². The van der Waals surface area contributed by atoms with E-state index in [1.165, 1.54) is 0 Å². The molecule has 1 aromatic carbocycles. The summed E-state index contributed by atoms with van der Waals surface area (Å²) in [6.45, 7) is 3.99. The first-order valence-corrected chi connectivity index (χ1v) is 8.20. The first-order valence-electron chi connectivity index (χ1n) is 8.20. The lowest BCUT2D eigenvalue weighted by atomic mass is 10.0. The van der Waals surface area contributed by atoms with E-state index in [1.807, 2.05) is 44.2 Å². The van der Waals surface area contributed by atoms with Crippen LogP contribution in [-0.4, -0.2) is 29.4 Å². The van der Waals surface area contributed by atoms with Crippen LogP contribution in [0.5, 0.6) is 5.75 Å². The third kappa shape index (κ3) is 6.25. The number of carbonyl (C=O) groups is 2. The third-order valence-electron chi connectivity index (χ3n) is 3.57. The zero-order chi connectivity index (χ0) is 18.1. The highest BCUT2D eigenvalue weighted by Gasteiger charge is 2.24. The summed E-state index contributed by atoms with van der Waals surface area (Å²) in [6.07, 6.45) is 3.37. The minimum absolute atomic E-state index is 0.0467. The molecule has 0 aliphatic heterocycles. The van der Waals surface area contributed by atoms with Gasteiger partial charge in [0.1, 0.15) is 11.8 Å². The molecule has 0 fully saturated rings. The largest absolute Gasteiger partial charge is 0.484 e. The van der Waals surface area contributed by atoms with Gasteiger partial charge >= 0.3 is 0 Å². The van der Waals surface area contributed by atoms with Crippen molar-refractivity contribution in [3.8, 4) is 5.75 Å². The fourth-order valence-electron chi connectivity index (χ4n) is 2.22. The van der Waals surface area contributed by atoms with Crippen LogP contribution in [0.1, 0.15) is 19.4 Å². The van der Waals surface area contributed by atoms with E-state index in [0.29, 0.717) is 12.3 Å². The topological polar surface area (TPSA) is 80.3 Å². The molecule has 6 nitrogen and oxygen atoms in total. The minimum Gasteiger partial charge on any atom is -0.484 e. The summed E-state index contributed by atoms with van der Waals surface area (Å²) in [7, 11) is 0. The van der Waals surface area contributed by atoms with Gasteiger partial charge in [-0.3, -0.25) is 14.6 Å². The molecule has 2 N–H and O–H groups in total. The highest BCUT2D eigenvalue weighted by Crippen LogP contribution is 2.08. The summed E-state index contributed by atoms with van der Waals surface area (Å²) in [5, 5.41) is 5.56. The first kappa shape index (κ1) is 18.4. The van der Waals surface area contributed by atoms with Crippen molar-refractivity contribution >= 4 is 11.8 Å². The number of para-hydroxylation sites is 1. The number of amides is 2. The molecule has 0 unspecified atom stereocenters. The molecule has 1 atom stereocenters. The average molecular weight is 341 g/mol. The molecule has 0 radical (unpaired) electrons. The number of ether oxygens (including phenoxy) is 1. The average Bonchev–Trinajstić information content (AvgIpc) is 2.64. The SMILES string of the molecule is CC(C)[C@@H](NC(=O)COc1ccccc1)C(=O)NCc1cccnc1. The highest BCUT2D eigenvalue weighted by atomic mass is 16.5. The van der Waals surface area contributed by atoms with E-state index in [1.54, 1.807) is 24.5 Å². The predicted octanol–water partition coefficient (Wildman–Crippen LogP) is 1.92. The Morgan fingerprint density at radius 3 is 2.52 bits per heavy atom. The van der Waals surface area contributed by atoms with Gasteiger partial charge < -0.3 is 15.4 Å². The van der Waals surface area contributed by atoms with E-state index in [2.05, 4.69) is 15.6 Å². The molecule has 2 aromatic rings. The Kier molecular flexibility index (Phi) is 6.95. The van der Waals surface area contributed by atoms with E-state index >= 15 is 0 Å². The van der Waals surface area contributed by atoms with Gasteiger partial charge in [-0.1, -0.05) is 38.1 Å². The fourth-order valence-corrected chi connectivity index (χ4v) is 2.22. The van der Waals surface area contributed by atoms with Crippen molar-refractivity contribution in [1.29, 1.82) is 0 Å². The van der Waals surface area contributed by atoms with Gasteiger partial charge in [0, 0.05) is 18.9 Å². The lowest BCUT2D eigenvalue weighted by molar-refractivity contribution is -0.131. The molecule has 0 saturated carbocycles. The second-order valence-corrected chi connectivity index (χ2v) is 5.97. The van der Waals surface area contributed by atoms with Crippen LogP contribution >= 0.6 is 0 Å². The van der Waals surface area contributed by atoms with Crippen molar-refractivity contribution in [1.82, 2.24) is 15.6 Å². The van der Waals surface area contributed by atoms with Crippen LogP contribution in [0.25, 0.3) is 0 Å². The molecular weight excluding hydrogens is 318 g/mol. The molecule has 2 amide bonds. The van der Waals surface area contributed by atoms with Gasteiger partial charge in [0.2, 0.25) is 5.91 Å². The van der Waals surface area contributed by atoms with Gasteiger partial charge in [0.15, 0.2) is 6.61 Å². The minimum atomic E-state index is -0.622. The van der Waals surface area contributed by atoms with Crippen molar-refractivity contribution in [2.45, 2.75) is 26.4 Å². The smallest absolute Gasteiger partial charge is 0.258 e. The van der Waals surface area contributed by atoms with Gasteiger partial charge in [-0.2, -0.15) is 0 Å². The maximum absolute atomic E-state index is 12.4. The fraction of sp³-hybridized carbons (Fsp3) is 0.316. The van der Waals surface area contributed by atoms with E-state index in [4.69, 9.17) is 4.74 Å². The van der Waals surface area contributed by atoms with Crippen molar-refractivity contribution in [3.05, 3.63) is 60.4 Å². The Morgan fingerprint density at radius 2 is 1.88 bits per heavy atom. The number of nitrogens with zero attached hydrogens (tertiary/aromatic N) is 1. The van der Waals surface area contributed by atoms with Gasteiger partial charge in [-0.05, 0) is 29.7 Å². The number of hydrogen-bond acceptors (Lipinski definition) is 4. The maximum atomic E-state index is 12.4. The molecule has 6 heteroatoms. The Hall–Kier alpha value is -2.89. The second-order valence-electron chi connectivity index (χ2n) is 5.97. The van der Waals surface area contributed by atoms with Crippen LogP contribution in [0, 0.1) is 5.92 Å². The van der Waals surface area contributed by atoms with E-state index in [-0.39, 0.29) is 24.3 Å². The molecule has 0 aliphatic carbocycles. The molecule has 132 valence electrons. The summed E-state index contributed by atoms with van der Waals surface area (Å²) in [6, 6.07) is 12.1. The quantitative estimate of drug-likeness (QED) is 0.769. The number of rotatable bonds is 8. The van der Waals surface area contributed by atoms with Crippen molar-refractivity contribution in [3.63, 3.8) is 0 Å². The van der Waals surface area contributed by atoms with Crippen LogP contribution in [-0.2, 0) is 16.1 Å². The van der Waals surface area contributed by atoms with Crippen LogP contribution in [0.2, 0.25) is 0 Å². The van der Waals surface area contributed by atoms with Crippen LogP contribution in [0.15, 0.2) is 54.9 Å². The molecule has 2 rings (SSSR count). The van der Waals surface area contributed by atoms with E-state index in [9.17, 15) is 9.59 Å². The standard InChI is InChI=1S/C19H23N3O3/c1-14(2)18(19(24)21-12-15-7-6-10-20-11-15)22-17(23)13-25-16-8-4-3-5-9-16/h3-11,14,18H,12-13H2,1-2H3,(H,21,24)(H,22,23)/t18-/m1/s1. The normalized spacial score (nSPS) is 11.6. The van der Waals surface area contributed by atoms with Crippen LogP contribution < -0.4 is 15.4 Å². The van der Waals surface area contributed by atoms with E-state index < -0.39 is 6.04 Å². The lowest BCUT2D eigenvalue weighted by Gasteiger charge is -2.21. The van der Waals surface area contributed by atoms with Crippen molar-refractivity contribution in [2.24, 2.45) is 5.92 Å². The molecular formula is C19H23N3O3. The summed E-state index contributed by atoms with van der Waals surface area (Å²) < 4.78 is 5.41. The number of carbonyl (C=O) groups excluding carboxylic acids is 2. The molecule has 0 bridgehead atoms. The number of pyridine rings is 1. The summed E-state index contributed by atoms with van der Waals surface area (Å²) in [5.41, 5.74) is 0.900. The Labute approximate surface area is 147 Å². The molecule has 25 heavy (non-hydrogen) atoms. The second kappa shape index (κ2) is 9.42. The number of benzene rings is 1. The molecule has 0 spiro atoms. The first-order chi connectivity index (χ1) is 12.1. The predicted molar refractivity (Wildman–Crippen MR) is 94.8 cm³/mol. The van der Waals surface area contributed by atoms with Crippen molar-refractivity contribution < 1.29 is 14.3 Å². The summed E-state index contributed by atoms with van der Waals surface area (Å²) >= 11 is 0. The number of aromatic nitrogens is 1. The highest BCUT2D eigenvalue weighted by molar-refractivity contribution is 5.88. The molecule has 0 saturated heterocycles. The Balaban J connectivity index is 1.84. The van der Waals surface area contributed by atoms with Gasteiger partial charge in [0.05, 0.1) is 0 Å². The van der Waals surface area contributed by atoms with Gasteiger partial charge in [-0.15, -0.1) is 0 Å². The van der Waals surface area contributed by atoms with E-state index in [0.717, 1.165) is 5.56 Å². The molecule has 1 aromatic heterocycles. The van der Waals surface area contributed by atoms with Crippen LogP contribution in [0.4, 0.5) is 0 Å². The summed E-state index contributed by atoms with van der Waals surface area (Å²) in [4.78, 5) is 28.5. The zero-order valence-electron chi connectivity index (χ0n) is 14.4. The van der Waals surface area contributed by atoms with Gasteiger partial charge in [0.25, 0.3) is 5.91 Å². The lowest BCUT2D eigenvalue weighted by Crippen LogP contribution is -2.50. The summed E-state index contributed by atoms with van der Waals surface area (Å²) in [5.74, 6) is 0.000319. The number of nitrogens with one attached hydrogen (secondary N) is 2. The molecule has 1 heterocycles. The molecule has 0 aliphatic rings. The monoisotopic (exact) mass is 341 g/mol. The van der Waals surface area contributed by atoms with Crippen molar-refractivity contribution in [2.75, 3.05) is 6.61 Å². The Bertz CT molecular complexity index is 675. The maximum Gasteiger partial charge on any atom is 0.258 e. The Morgan fingerprint density at radius 1 is 1.12 bits per heavy atom. The zero-order valence-corrected chi connectivity index (χ0v) is 14.4. The van der Waals surface area contributed by atoms with Crippen LogP contribution in [0.3, 0.4) is 0 Å². The number of hydrogen-bond donors (Lipinski definition) is 2. The third-order valence-corrected chi connectivity index (χ3v) is 3.57.